The Morgan fingerprint density at radius 2 is 1.80 bits per heavy atom. The van der Waals surface area contributed by atoms with Gasteiger partial charge in [0.05, 0.1) is 0 Å². The Kier molecular flexibility index (Phi) is 4.61. The first-order valence-electron chi connectivity index (χ1n) is 7.65. The summed E-state index contributed by atoms with van der Waals surface area (Å²) in [7, 11) is 0. The van der Waals surface area contributed by atoms with E-state index in [0.717, 1.165) is 5.56 Å². The van der Waals surface area contributed by atoms with E-state index >= 15 is 0 Å². The fourth-order valence-electron chi connectivity index (χ4n) is 2.40. The Balaban J connectivity index is 1.73. The number of nitrogens with two attached hydrogens (primary N) is 1. The quantitative estimate of drug-likeness (QED) is 0.438. The molecule has 0 radical (unpaired) electrons. The molecule has 0 bridgehead atoms. The second-order valence-electron chi connectivity index (χ2n) is 5.47. The smallest absolute Gasteiger partial charge is 0.349 e. The molecule has 0 saturated carbocycles. The second kappa shape index (κ2) is 7.00. The van der Waals surface area contributed by atoms with Gasteiger partial charge in [0.15, 0.2) is 0 Å². The molecule has 1 amide bonds. The monoisotopic (exact) mass is 337 g/mol. The fraction of sp³-hybridized carbons (Fsp3) is 0.105. The maximum absolute atomic E-state index is 12.0. The molecule has 25 heavy (non-hydrogen) atoms. The third-order valence-electron chi connectivity index (χ3n) is 3.67. The van der Waals surface area contributed by atoms with Crippen molar-refractivity contribution in [2.75, 3.05) is 0 Å². The largest absolute Gasteiger partial charge is 0.426 e. The van der Waals surface area contributed by atoms with E-state index in [2.05, 4.69) is 0 Å². The van der Waals surface area contributed by atoms with Crippen LogP contribution in [0.2, 0.25) is 0 Å². The van der Waals surface area contributed by atoms with Crippen LogP contribution in [0.4, 0.5) is 0 Å². The third-order valence-corrected chi connectivity index (χ3v) is 3.67. The molecule has 0 fully saturated rings. The molecule has 3 rings (SSSR count). The highest BCUT2D eigenvalue weighted by atomic mass is 16.5. The standard InChI is InChI=1S/C19H15NO5/c20-18(22)15-10-13-7-8-14(11-16(13)25-19(15)23)24-17(21)9-6-12-4-2-1-3-5-12/h1-5,7-8,10-11H,6,9H2,(H2,20,22). The highest BCUT2D eigenvalue weighted by Crippen LogP contribution is 2.21. The van der Waals surface area contributed by atoms with Gasteiger partial charge in [0.2, 0.25) is 0 Å². The zero-order chi connectivity index (χ0) is 17.8. The van der Waals surface area contributed by atoms with Crippen LogP contribution in [0, 0.1) is 0 Å². The number of benzene rings is 2. The van der Waals surface area contributed by atoms with Gasteiger partial charge in [0.1, 0.15) is 16.9 Å². The van der Waals surface area contributed by atoms with Crippen LogP contribution in [-0.2, 0) is 11.2 Å². The minimum Gasteiger partial charge on any atom is -0.426 e. The van der Waals surface area contributed by atoms with Crippen LogP contribution >= 0.6 is 0 Å². The van der Waals surface area contributed by atoms with Crippen molar-refractivity contribution in [2.45, 2.75) is 12.8 Å². The Morgan fingerprint density at radius 1 is 1.04 bits per heavy atom. The van der Waals surface area contributed by atoms with Gasteiger partial charge in [-0.3, -0.25) is 9.59 Å². The van der Waals surface area contributed by atoms with Gasteiger partial charge in [-0.1, -0.05) is 30.3 Å². The lowest BCUT2D eigenvalue weighted by molar-refractivity contribution is -0.134. The zero-order valence-corrected chi connectivity index (χ0v) is 13.2. The average Bonchev–Trinajstić information content (AvgIpc) is 2.60. The third kappa shape index (κ3) is 3.92. The summed E-state index contributed by atoms with van der Waals surface area (Å²) in [5, 5.41) is 0.512. The molecule has 1 heterocycles. The first-order valence-corrected chi connectivity index (χ1v) is 7.65. The van der Waals surface area contributed by atoms with Crippen molar-refractivity contribution in [3.8, 4) is 5.75 Å². The van der Waals surface area contributed by atoms with E-state index in [9.17, 15) is 14.4 Å². The van der Waals surface area contributed by atoms with E-state index in [4.69, 9.17) is 14.9 Å². The second-order valence-corrected chi connectivity index (χ2v) is 5.47. The number of amides is 1. The van der Waals surface area contributed by atoms with Crippen molar-refractivity contribution in [3.63, 3.8) is 0 Å². The molecule has 1 aromatic heterocycles. The van der Waals surface area contributed by atoms with Crippen LogP contribution in [0.15, 0.2) is 63.8 Å². The number of esters is 1. The van der Waals surface area contributed by atoms with Crippen molar-refractivity contribution < 1.29 is 18.7 Å². The fourth-order valence-corrected chi connectivity index (χ4v) is 2.40. The summed E-state index contributed by atoms with van der Waals surface area (Å²) in [6.45, 7) is 0. The van der Waals surface area contributed by atoms with Gasteiger partial charge in [-0.15, -0.1) is 0 Å². The van der Waals surface area contributed by atoms with Gasteiger partial charge in [-0.25, -0.2) is 4.79 Å². The Hall–Kier alpha value is -3.41. The van der Waals surface area contributed by atoms with Crippen molar-refractivity contribution in [2.24, 2.45) is 5.73 Å². The van der Waals surface area contributed by atoms with E-state index in [1.807, 2.05) is 30.3 Å². The molecule has 3 aromatic rings. The molecule has 0 aliphatic rings. The Morgan fingerprint density at radius 3 is 2.52 bits per heavy atom. The molecular formula is C19H15NO5. The van der Waals surface area contributed by atoms with Gasteiger partial charge in [-0.2, -0.15) is 0 Å². The number of hydrogen-bond donors (Lipinski definition) is 1. The molecule has 6 heteroatoms. The van der Waals surface area contributed by atoms with E-state index in [-0.39, 0.29) is 29.3 Å². The molecule has 126 valence electrons. The van der Waals surface area contributed by atoms with Gasteiger partial charge < -0.3 is 14.9 Å². The molecule has 0 aliphatic carbocycles. The summed E-state index contributed by atoms with van der Waals surface area (Å²) >= 11 is 0. The van der Waals surface area contributed by atoms with Gasteiger partial charge in [0.25, 0.3) is 5.91 Å². The van der Waals surface area contributed by atoms with Gasteiger partial charge >= 0.3 is 11.6 Å². The van der Waals surface area contributed by atoms with Crippen molar-refractivity contribution >= 4 is 22.8 Å². The summed E-state index contributed by atoms with van der Waals surface area (Å²) in [4.78, 5) is 34.8. The topological polar surface area (TPSA) is 99.6 Å². The molecule has 0 unspecified atom stereocenters. The molecule has 0 atom stereocenters. The molecule has 0 spiro atoms. The van der Waals surface area contributed by atoms with Gasteiger partial charge in [-0.05, 0) is 30.2 Å². The average molecular weight is 337 g/mol. The summed E-state index contributed by atoms with van der Waals surface area (Å²) in [6, 6.07) is 15.5. The minimum atomic E-state index is -0.855. The zero-order valence-electron chi connectivity index (χ0n) is 13.2. The molecule has 6 nitrogen and oxygen atoms in total. The first-order chi connectivity index (χ1) is 12.0. The van der Waals surface area contributed by atoms with E-state index in [0.29, 0.717) is 11.8 Å². The number of hydrogen-bond acceptors (Lipinski definition) is 5. The number of carbonyl (C=O) groups excluding carboxylic acids is 2. The number of fused-ring (bicyclic) bond motifs is 1. The first kappa shape index (κ1) is 16.4. The minimum absolute atomic E-state index is 0.211. The van der Waals surface area contributed by atoms with Crippen LogP contribution in [-0.4, -0.2) is 11.9 Å². The number of aryl methyl sites for hydroxylation is 1. The van der Waals surface area contributed by atoms with Crippen molar-refractivity contribution in [3.05, 3.63) is 76.1 Å². The van der Waals surface area contributed by atoms with Crippen molar-refractivity contribution in [1.29, 1.82) is 0 Å². The van der Waals surface area contributed by atoms with Crippen molar-refractivity contribution in [1.82, 2.24) is 0 Å². The van der Waals surface area contributed by atoms with Crippen LogP contribution in [0.5, 0.6) is 5.75 Å². The SMILES string of the molecule is NC(=O)c1cc2ccc(OC(=O)CCc3ccccc3)cc2oc1=O. The van der Waals surface area contributed by atoms with Crippen LogP contribution in [0.1, 0.15) is 22.3 Å². The summed E-state index contributed by atoms with van der Waals surface area (Å²) in [6.07, 6.45) is 0.803. The molecular weight excluding hydrogens is 322 g/mol. The molecule has 2 N–H and O–H groups in total. The Labute approximate surface area is 142 Å². The maximum atomic E-state index is 12.0. The highest BCUT2D eigenvalue weighted by Gasteiger charge is 2.12. The number of carbonyl (C=O) groups is 2. The number of primary amides is 1. The molecule has 0 aliphatic heterocycles. The summed E-state index contributed by atoms with van der Waals surface area (Å²) in [5.41, 5.74) is 5.32. The maximum Gasteiger partial charge on any atom is 0.349 e. The number of ether oxygens (including phenoxy) is 1. The normalized spacial score (nSPS) is 10.6. The van der Waals surface area contributed by atoms with E-state index in [1.165, 1.54) is 12.1 Å². The summed E-state index contributed by atoms with van der Waals surface area (Å²) < 4.78 is 10.3. The van der Waals surface area contributed by atoms with Gasteiger partial charge in [0, 0.05) is 17.9 Å². The molecule has 2 aromatic carbocycles. The van der Waals surface area contributed by atoms with E-state index < -0.39 is 11.5 Å². The lowest BCUT2D eigenvalue weighted by Gasteiger charge is -2.06. The van der Waals surface area contributed by atoms with Crippen LogP contribution in [0.25, 0.3) is 11.0 Å². The van der Waals surface area contributed by atoms with E-state index in [1.54, 1.807) is 12.1 Å². The van der Waals surface area contributed by atoms with Crippen LogP contribution in [0.3, 0.4) is 0 Å². The number of rotatable bonds is 5. The highest BCUT2D eigenvalue weighted by molar-refractivity contribution is 5.95. The lowest BCUT2D eigenvalue weighted by atomic mass is 10.1. The predicted molar refractivity (Wildman–Crippen MR) is 91.4 cm³/mol. The van der Waals surface area contributed by atoms with Crippen LogP contribution < -0.4 is 16.1 Å². The summed E-state index contributed by atoms with van der Waals surface area (Å²) in [5.74, 6) is -0.980. The predicted octanol–water partition coefficient (Wildman–Crippen LogP) is 2.43. The lowest BCUT2D eigenvalue weighted by Crippen LogP contribution is -2.20. The molecule has 0 saturated heterocycles. The Bertz CT molecular complexity index is 992.